The van der Waals surface area contributed by atoms with E-state index in [9.17, 15) is 19.5 Å². The van der Waals surface area contributed by atoms with Gasteiger partial charge in [0.25, 0.3) is 5.56 Å². The van der Waals surface area contributed by atoms with E-state index in [-0.39, 0.29) is 50.5 Å². The number of piperidine rings is 1. The van der Waals surface area contributed by atoms with Gasteiger partial charge in [-0.15, -0.1) is 5.10 Å². The van der Waals surface area contributed by atoms with Gasteiger partial charge in [-0.2, -0.15) is 0 Å². The number of carbonyl (C=O) groups excluding carboxylic acids is 2. The molecule has 2 aromatic heterocycles. The van der Waals surface area contributed by atoms with Crippen LogP contribution >= 0.6 is 0 Å². The number of carbonyl (C=O) groups is 2. The minimum absolute atomic E-state index is 0.197. The molecule has 1 atom stereocenters. The van der Waals surface area contributed by atoms with Crippen molar-refractivity contribution in [3.63, 3.8) is 0 Å². The van der Waals surface area contributed by atoms with E-state index in [4.69, 9.17) is 9.47 Å². The molecule has 0 radical (unpaired) electrons. The van der Waals surface area contributed by atoms with E-state index in [2.05, 4.69) is 20.3 Å². The van der Waals surface area contributed by atoms with Crippen molar-refractivity contribution in [2.24, 2.45) is 5.41 Å². The maximum absolute atomic E-state index is 13.7. The molecule has 12 heteroatoms. The second kappa shape index (κ2) is 10.3. The molecular weight excluding hydrogens is 504 g/mol. The fourth-order valence-electron chi connectivity index (χ4n) is 5.43. The lowest BCUT2D eigenvalue weighted by atomic mass is 9.75. The molecule has 3 aliphatic rings. The fourth-order valence-corrected chi connectivity index (χ4v) is 5.43. The molecule has 1 fully saturated rings. The van der Waals surface area contributed by atoms with Gasteiger partial charge in [0, 0.05) is 19.5 Å². The average molecular weight is 541 g/mol. The minimum atomic E-state index is -1.27. The molecule has 2 aromatic rings. The summed E-state index contributed by atoms with van der Waals surface area (Å²) in [6.45, 7) is 6.92. The molecule has 0 saturated carbocycles. The number of aromatic nitrogens is 5. The van der Waals surface area contributed by atoms with Gasteiger partial charge in [0.2, 0.25) is 5.91 Å². The van der Waals surface area contributed by atoms with Crippen LogP contribution in [-0.4, -0.2) is 72.1 Å². The summed E-state index contributed by atoms with van der Waals surface area (Å²) in [4.78, 5) is 48.3. The van der Waals surface area contributed by atoms with Gasteiger partial charge in [-0.05, 0) is 52.9 Å². The molecule has 39 heavy (non-hydrogen) atoms. The summed E-state index contributed by atoms with van der Waals surface area (Å²) in [5.74, 6) is -0.285. The molecular formula is C27H36N6O6. The highest BCUT2D eigenvalue weighted by molar-refractivity contribution is 6.03. The Morgan fingerprint density at radius 3 is 2.67 bits per heavy atom. The summed E-state index contributed by atoms with van der Waals surface area (Å²) < 4.78 is 12.5. The molecule has 0 spiro atoms. The second-order valence-corrected chi connectivity index (χ2v) is 11.7. The minimum Gasteiger partial charge on any atom is -0.459 e. The Kier molecular flexibility index (Phi) is 7.19. The number of likely N-dealkylation sites (tertiary alicyclic amines) is 1. The number of rotatable bonds is 5. The van der Waals surface area contributed by atoms with Crippen molar-refractivity contribution in [3.05, 3.63) is 51.5 Å². The van der Waals surface area contributed by atoms with Gasteiger partial charge in [0.15, 0.2) is 5.41 Å². The number of amides is 1. The highest BCUT2D eigenvalue weighted by Crippen LogP contribution is 2.40. The van der Waals surface area contributed by atoms with E-state index >= 15 is 0 Å². The van der Waals surface area contributed by atoms with Gasteiger partial charge in [0.05, 0.1) is 30.7 Å². The van der Waals surface area contributed by atoms with Crippen LogP contribution in [0.25, 0.3) is 0 Å². The number of H-pyrrole nitrogens is 1. The van der Waals surface area contributed by atoms with Gasteiger partial charge in [-0.1, -0.05) is 17.4 Å². The lowest BCUT2D eigenvalue weighted by Crippen LogP contribution is -2.54. The summed E-state index contributed by atoms with van der Waals surface area (Å²) in [7, 11) is 0. The molecule has 2 N–H and O–H groups in total. The number of aromatic amines is 1. The molecule has 0 bridgehead atoms. The largest absolute Gasteiger partial charge is 0.459 e. The quantitative estimate of drug-likeness (QED) is 0.325. The van der Waals surface area contributed by atoms with Crippen molar-refractivity contribution in [2.75, 3.05) is 19.7 Å². The summed E-state index contributed by atoms with van der Waals surface area (Å²) in [5.41, 5.74) is -1.75. The van der Waals surface area contributed by atoms with E-state index in [1.165, 1.54) is 4.68 Å². The first-order valence-corrected chi connectivity index (χ1v) is 13.5. The fraction of sp³-hybridized carbons (Fsp3) is 0.630. The highest BCUT2D eigenvalue weighted by Gasteiger charge is 2.51. The predicted molar refractivity (Wildman–Crippen MR) is 138 cm³/mol. The Morgan fingerprint density at radius 2 is 1.97 bits per heavy atom. The summed E-state index contributed by atoms with van der Waals surface area (Å²) in [6.07, 6.45) is 7.94. The van der Waals surface area contributed by atoms with Gasteiger partial charge in [-0.3, -0.25) is 14.4 Å². The Labute approximate surface area is 226 Å². The molecule has 5 rings (SSSR count). The van der Waals surface area contributed by atoms with Crippen molar-refractivity contribution >= 4 is 11.9 Å². The van der Waals surface area contributed by atoms with Crippen LogP contribution in [0, 0.1) is 5.41 Å². The van der Waals surface area contributed by atoms with Crippen molar-refractivity contribution in [3.8, 4) is 0 Å². The van der Waals surface area contributed by atoms with Crippen molar-refractivity contribution in [1.29, 1.82) is 0 Å². The molecule has 4 heterocycles. The first kappa shape index (κ1) is 27.2. The van der Waals surface area contributed by atoms with E-state index in [0.29, 0.717) is 49.4 Å². The average Bonchev–Trinajstić information content (AvgIpc) is 3.37. The highest BCUT2D eigenvalue weighted by atomic mass is 16.6. The van der Waals surface area contributed by atoms with Crippen LogP contribution in [0.5, 0.6) is 0 Å². The molecule has 12 nitrogen and oxygen atoms in total. The molecule has 1 aliphatic carbocycles. The van der Waals surface area contributed by atoms with E-state index in [1.807, 2.05) is 12.2 Å². The van der Waals surface area contributed by atoms with Crippen LogP contribution < -0.4 is 5.56 Å². The number of ether oxygens (including phenoxy) is 2. The summed E-state index contributed by atoms with van der Waals surface area (Å²) in [6, 6.07) is 0. The van der Waals surface area contributed by atoms with Crippen LogP contribution in [0.15, 0.2) is 23.1 Å². The molecule has 210 valence electrons. The van der Waals surface area contributed by atoms with Crippen molar-refractivity contribution < 1.29 is 24.2 Å². The van der Waals surface area contributed by atoms with Crippen LogP contribution in [0.2, 0.25) is 0 Å². The maximum atomic E-state index is 13.7. The Hall–Kier alpha value is -3.38. The number of nitrogens with zero attached hydrogens (tertiary/aromatic N) is 5. The zero-order chi connectivity index (χ0) is 27.8. The van der Waals surface area contributed by atoms with Gasteiger partial charge in [0.1, 0.15) is 29.3 Å². The lowest BCUT2D eigenvalue weighted by Gasteiger charge is -2.42. The first-order valence-electron chi connectivity index (χ1n) is 13.5. The second-order valence-electron chi connectivity index (χ2n) is 11.7. The van der Waals surface area contributed by atoms with Crippen molar-refractivity contribution in [1.82, 2.24) is 29.9 Å². The smallest absolute Gasteiger partial charge is 0.322 e. The standard InChI is InChI=1S/C27H36N6O6/c1-25(2,3)39-24(36)26(8-5-4-6-9-26)23(35)32-12-10-27(37,11-13-32)20-15-33(31-30-20)16-21-28-19-7-14-38-17-18(19)22(34)29-21/h4-5,15,37H,6-14,16-17H2,1-3H3,(H,28,29,34). The third-order valence-electron chi connectivity index (χ3n) is 7.65. The third-order valence-corrected chi connectivity index (χ3v) is 7.65. The first-order chi connectivity index (χ1) is 18.5. The van der Waals surface area contributed by atoms with E-state index in [0.717, 1.165) is 5.69 Å². The maximum Gasteiger partial charge on any atom is 0.322 e. The van der Waals surface area contributed by atoms with Gasteiger partial charge < -0.3 is 24.5 Å². The SMILES string of the molecule is CC(C)(C)OC(=O)C1(C(=O)N2CCC(O)(c3cn(Cc4nc5c(c(=O)[nH]4)COCC5)nn3)CC2)CC=CCC1. The van der Waals surface area contributed by atoms with Crippen LogP contribution in [-0.2, 0) is 44.2 Å². The predicted octanol–water partition coefficient (Wildman–Crippen LogP) is 1.36. The molecule has 1 amide bonds. The number of hydrogen-bond donors (Lipinski definition) is 2. The number of esters is 1. The summed E-state index contributed by atoms with van der Waals surface area (Å²) in [5, 5.41) is 19.8. The van der Waals surface area contributed by atoms with E-state index in [1.54, 1.807) is 31.9 Å². The summed E-state index contributed by atoms with van der Waals surface area (Å²) >= 11 is 0. The molecule has 2 aliphatic heterocycles. The molecule has 1 saturated heterocycles. The Balaban J connectivity index is 1.26. The zero-order valence-corrected chi connectivity index (χ0v) is 22.7. The van der Waals surface area contributed by atoms with Crippen LogP contribution in [0.4, 0.5) is 0 Å². The zero-order valence-electron chi connectivity index (χ0n) is 22.7. The number of fused-ring (bicyclic) bond motifs is 1. The normalized spacial score (nSPS) is 22.8. The number of allylic oxidation sites excluding steroid dienone is 2. The number of hydrogen-bond acceptors (Lipinski definition) is 9. The van der Waals surface area contributed by atoms with Crippen LogP contribution in [0.3, 0.4) is 0 Å². The lowest BCUT2D eigenvalue weighted by molar-refractivity contribution is -0.176. The third kappa shape index (κ3) is 5.53. The molecule has 0 aromatic carbocycles. The molecule has 1 unspecified atom stereocenters. The number of aliphatic hydroxyl groups is 1. The van der Waals surface area contributed by atoms with Crippen molar-refractivity contribution in [2.45, 2.75) is 83.6 Å². The van der Waals surface area contributed by atoms with E-state index < -0.39 is 22.6 Å². The Morgan fingerprint density at radius 1 is 1.21 bits per heavy atom. The topological polar surface area (TPSA) is 153 Å². The Bertz CT molecular complexity index is 1330. The monoisotopic (exact) mass is 540 g/mol. The van der Waals surface area contributed by atoms with Gasteiger partial charge in [-0.25, -0.2) is 9.67 Å². The van der Waals surface area contributed by atoms with Gasteiger partial charge >= 0.3 is 5.97 Å². The number of nitrogens with one attached hydrogen (secondary N) is 1. The van der Waals surface area contributed by atoms with Crippen LogP contribution in [0.1, 0.15) is 75.7 Å².